The molecular weight excluding hydrogens is 214 g/mol. The number of nitrogens with one attached hydrogen (secondary N) is 1. The Hall–Kier alpha value is -0.800. The zero-order valence-corrected chi connectivity index (χ0v) is 10.6. The summed E-state index contributed by atoms with van der Waals surface area (Å²) in [6, 6.07) is 4.42. The van der Waals surface area contributed by atoms with Crippen molar-refractivity contribution >= 4 is 0 Å². The summed E-state index contributed by atoms with van der Waals surface area (Å²) in [6.07, 6.45) is 6.61. The maximum atomic E-state index is 8.92. The van der Waals surface area contributed by atoms with E-state index in [4.69, 9.17) is 9.52 Å². The van der Waals surface area contributed by atoms with Crippen molar-refractivity contribution in [2.75, 3.05) is 0 Å². The van der Waals surface area contributed by atoms with E-state index in [1.54, 1.807) is 0 Å². The fraction of sp³-hybridized carbons (Fsp3) is 0.714. The molecule has 0 aromatic carbocycles. The first kappa shape index (κ1) is 12.7. The highest BCUT2D eigenvalue weighted by molar-refractivity contribution is 5.06. The quantitative estimate of drug-likeness (QED) is 0.827. The van der Waals surface area contributed by atoms with Gasteiger partial charge < -0.3 is 14.8 Å². The van der Waals surface area contributed by atoms with Crippen LogP contribution in [-0.2, 0) is 13.2 Å². The van der Waals surface area contributed by atoms with Gasteiger partial charge in [-0.05, 0) is 30.9 Å². The van der Waals surface area contributed by atoms with Crippen molar-refractivity contribution in [1.82, 2.24) is 5.32 Å². The van der Waals surface area contributed by atoms with E-state index in [-0.39, 0.29) is 6.61 Å². The SMILES string of the molecule is CCC1CCCC(NCc2ccc(CO)o2)C1. The lowest BCUT2D eigenvalue weighted by Gasteiger charge is -2.28. The van der Waals surface area contributed by atoms with Crippen LogP contribution in [0, 0.1) is 5.92 Å². The minimum Gasteiger partial charge on any atom is -0.462 e. The molecule has 1 aromatic heterocycles. The number of rotatable bonds is 5. The fourth-order valence-electron chi connectivity index (χ4n) is 2.69. The molecule has 1 saturated carbocycles. The third-order valence-corrected chi connectivity index (χ3v) is 3.80. The second kappa shape index (κ2) is 6.22. The van der Waals surface area contributed by atoms with E-state index in [0.717, 1.165) is 18.2 Å². The molecule has 1 aliphatic rings. The molecule has 96 valence electrons. The lowest BCUT2D eigenvalue weighted by atomic mass is 9.84. The van der Waals surface area contributed by atoms with E-state index in [0.29, 0.717) is 11.8 Å². The van der Waals surface area contributed by atoms with Crippen molar-refractivity contribution in [3.8, 4) is 0 Å². The van der Waals surface area contributed by atoms with Crippen LogP contribution in [-0.4, -0.2) is 11.1 Å². The van der Waals surface area contributed by atoms with Crippen LogP contribution in [0.2, 0.25) is 0 Å². The molecule has 0 spiro atoms. The first-order chi connectivity index (χ1) is 8.31. The third kappa shape index (κ3) is 3.58. The van der Waals surface area contributed by atoms with Gasteiger partial charge in [0.1, 0.15) is 18.1 Å². The van der Waals surface area contributed by atoms with Crippen molar-refractivity contribution in [2.45, 2.75) is 58.2 Å². The molecule has 1 aliphatic carbocycles. The zero-order valence-electron chi connectivity index (χ0n) is 10.6. The first-order valence-corrected chi connectivity index (χ1v) is 6.73. The molecule has 0 saturated heterocycles. The largest absolute Gasteiger partial charge is 0.462 e. The summed E-state index contributed by atoms with van der Waals surface area (Å²) in [6.45, 7) is 3.05. The summed E-state index contributed by atoms with van der Waals surface area (Å²) in [7, 11) is 0. The first-order valence-electron chi connectivity index (χ1n) is 6.73. The van der Waals surface area contributed by atoms with Crippen LogP contribution in [0.4, 0.5) is 0 Å². The van der Waals surface area contributed by atoms with Crippen LogP contribution in [0.25, 0.3) is 0 Å². The Balaban J connectivity index is 1.77. The van der Waals surface area contributed by atoms with Gasteiger partial charge in [0.05, 0.1) is 6.54 Å². The van der Waals surface area contributed by atoms with Gasteiger partial charge in [0.2, 0.25) is 0 Å². The zero-order chi connectivity index (χ0) is 12.1. The molecule has 0 aliphatic heterocycles. The molecule has 2 rings (SSSR count). The normalized spacial score (nSPS) is 25.1. The average Bonchev–Trinajstić information content (AvgIpc) is 2.84. The predicted octanol–water partition coefficient (Wildman–Crippen LogP) is 2.83. The van der Waals surface area contributed by atoms with Crippen LogP contribution in [0.1, 0.15) is 50.5 Å². The predicted molar refractivity (Wildman–Crippen MR) is 67.5 cm³/mol. The summed E-state index contributed by atoms with van der Waals surface area (Å²) in [5.41, 5.74) is 0. The van der Waals surface area contributed by atoms with Crippen molar-refractivity contribution in [2.24, 2.45) is 5.92 Å². The molecule has 3 heteroatoms. The van der Waals surface area contributed by atoms with Crippen LogP contribution in [0.5, 0.6) is 0 Å². The molecule has 1 fully saturated rings. The molecule has 2 atom stereocenters. The standard InChI is InChI=1S/C14H23NO2/c1-2-11-4-3-5-12(8-11)15-9-13-6-7-14(10-16)17-13/h6-7,11-12,15-16H,2-5,8-10H2,1H3. The van der Waals surface area contributed by atoms with Crippen LogP contribution in [0.15, 0.2) is 16.5 Å². The van der Waals surface area contributed by atoms with Gasteiger partial charge in [0, 0.05) is 6.04 Å². The van der Waals surface area contributed by atoms with E-state index in [1.165, 1.54) is 32.1 Å². The average molecular weight is 237 g/mol. The Morgan fingerprint density at radius 3 is 2.88 bits per heavy atom. The second-order valence-electron chi connectivity index (χ2n) is 5.04. The topological polar surface area (TPSA) is 45.4 Å². The highest BCUT2D eigenvalue weighted by Crippen LogP contribution is 2.26. The number of aliphatic hydroxyl groups excluding tert-OH is 1. The summed E-state index contributed by atoms with van der Waals surface area (Å²) < 4.78 is 5.46. The summed E-state index contributed by atoms with van der Waals surface area (Å²) in [5.74, 6) is 2.47. The molecule has 0 amide bonds. The molecule has 0 radical (unpaired) electrons. The summed E-state index contributed by atoms with van der Waals surface area (Å²) in [5, 5.41) is 12.5. The van der Waals surface area contributed by atoms with Gasteiger partial charge in [-0.2, -0.15) is 0 Å². The molecule has 17 heavy (non-hydrogen) atoms. The highest BCUT2D eigenvalue weighted by atomic mass is 16.4. The summed E-state index contributed by atoms with van der Waals surface area (Å²) >= 11 is 0. The van der Waals surface area contributed by atoms with E-state index in [1.807, 2.05) is 12.1 Å². The van der Waals surface area contributed by atoms with Gasteiger partial charge in [0.25, 0.3) is 0 Å². The molecule has 2 N–H and O–H groups in total. The number of hydrogen-bond donors (Lipinski definition) is 2. The Morgan fingerprint density at radius 2 is 2.18 bits per heavy atom. The van der Waals surface area contributed by atoms with Crippen molar-refractivity contribution < 1.29 is 9.52 Å². The van der Waals surface area contributed by atoms with Crippen molar-refractivity contribution in [1.29, 1.82) is 0 Å². The lowest BCUT2D eigenvalue weighted by Crippen LogP contribution is -2.33. The number of hydrogen-bond acceptors (Lipinski definition) is 3. The number of aliphatic hydroxyl groups is 1. The molecule has 1 heterocycles. The fourth-order valence-corrected chi connectivity index (χ4v) is 2.69. The van der Waals surface area contributed by atoms with E-state index >= 15 is 0 Å². The van der Waals surface area contributed by atoms with Crippen molar-refractivity contribution in [3.63, 3.8) is 0 Å². The van der Waals surface area contributed by atoms with E-state index in [2.05, 4.69) is 12.2 Å². The van der Waals surface area contributed by atoms with E-state index < -0.39 is 0 Å². The minimum absolute atomic E-state index is 0.0126. The van der Waals surface area contributed by atoms with Gasteiger partial charge in [-0.1, -0.05) is 26.2 Å². The summed E-state index contributed by atoms with van der Waals surface area (Å²) in [4.78, 5) is 0. The lowest BCUT2D eigenvalue weighted by molar-refractivity contribution is 0.239. The molecule has 3 nitrogen and oxygen atoms in total. The Labute approximate surface area is 103 Å². The van der Waals surface area contributed by atoms with Gasteiger partial charge in [0.15, 0.2) is 0 Å². The molecule has 1 aromatic rings. The molecular formula is C14H23NO2. The third-order valence-electron chi connectivity index (χ3n) is 3.80. The van der Waals surface area contributed by atoms with Gasteiger partial charge >= 0.3 is 0 Å². The van der Waals surface area contributed by atoms with Crippen LogP contribution < -0.4 is 5.32 Å². The Bertz CT molecular complexity index is 335. The second-order valence-corrected chi connectivity index (χ2v) is 5.04. The minimum atomic E-state index is -0.0126. The van der Waals surface area contributed by atoms with E-state index in [9.17, 15) is 0 Å². The van der Waals surface area contributed by atoms with Crippen LogP contribution >= 0.6 is 0 Å². The maximum Gasteiger partial charge on any atom is 0.129 e. The number of furan rings is 1. The van der Waals surface area contributed by atoms with Crippen molar-refractivity contribution in [3.05, 3.63) is 23.7 Å². The Kier molecular flexibility index (Phi) is 4.63. The maximum absolute atomic E-state index is 8.92. The van der Waals surface area contributed by atoms with Gasteiger partial charge in [-0.15, -0.1) is 0 Å². The Morgan fingerprint density at radius 1 is 1.35 bits per heavy atom. The smallest absolute Gasteiger partial charge is 0.129 e. The van der Waals surface area contributed by atoms with Crippen LogP contribution in [0.3, 0.4) is 0 Å². The van der Waals surface area contributed by atoms with Gasteiger partial charge in [-0.25, -0.2) is 0 Å². The monoisotopic (exact) mass is 237 g/mol. The molecule has 0 bridgehead atoms. The molecule has 2 unspecified atom stereocenters. The highest BCUT2D eigenvalue weighted by Gasteiger charge is 2.20. The van der Waals surface area contributed by atoms with Gasteiger partial charge in [-0.3, -0.25) is 0 Å².